The number of hydrogen-bond acceptors (Lipinski definition) is 6. The number of halogens is 2. The van der Waals surface area contributed by atoms with Crippen LogP contribution in [-0.4, -0.2) is 34.3 Å². The quantitative estimate of drug-likeness (QED) is 0.657. The number of aryl methyl sites for hydroxylation is 1. The van der Waals surface area contributed by atoms with Crippen LogP contribution in [0.2, 0.25) is 10.0 Å². The van der Waals surface area contributed by atoms with Crippen LogP contribution < -0.4 is 9.64 Å². The van der Waals surface area contributed by atoms with Gasteiger partial charge in [-0.3, -0.25) is 0 Å². The molecular formula is C18H16Cl2N4O2. The Balaban J connectivity index is 1.46. The first-order valence-electron chi connectivity index (χ1n) is 8.22. The summed E-state index contributed by atoms with van der Waals surface area (Å²) in [5.41, 5.74) is 0.851. The lowest BCUT2D eigenvalue weighted by molar-refractivity contribution is 0.225. The van der Waals surface area contributed by atoms with Crippen molar-refractivity contribution in [3.63, 3.8) is 0 Å². The third-order valence-corrected chi connectivity index (χ3v) is 4.92. The summed E-state index contributed by atoms with van der Waals surface area (Å²) in [6, 6.07) is 9.12. The maximum Gasteiger partial charge on any atom is 0.258 e. The largest absolute Gasteiger partial charge is 0.488 e. The molecule has 8 heteroatoms. The number of benzene rings is 1. The fourth-order valence-electron chi connectivity index (χ4n) is 2.91. The van der Waals surface area contributed by atoms with Crippen molar-refractivity contribution in [3.05, 3.63) is 52.4 Å². The van der Waals surface area contributed by atoms with Crippen LogP contribution in [0.5, 0.6) is 5.75 Å². The number of nitrogens with zero attached hydrogens (tertiary/aromatic N) is 4. The van der Waals surface area contributed by atoms with E-state index in [1.165, 1.54) is 0 Å². The minimum atomic E-state index is 0.0587. The Hall–Kier alpha value is -2.31. The number of ether oxygens (including phenoxy) is 1. The molecule has 2 aromatic heterocycles. The van der Waals surface area contributed by atoms with E-state index in [0.717, 1.165) is 30.9 Å². The van der Waals surface area contributed by atoms with Gasteiger partial charge in [0, 0.05) is 30.8 Å². The highest BCUT2D eigenvalue weighted by atomic mass is 35.5. The van der Waals surface area contributed by atoms with Crippen molar-refractivity contribution in [2.24, 2.45) is 0 Å². The molecule has 0 bridgehead atoms. The molecule has 1 unspecified atom stereocenters. The molecule has 134 valence electrons. The Labute approximate surface area is 160 Å². The maximum absolute atomic E-state index is 6.05. The van der Waals surface area contributed by atoms with Gasteiger partial charge in [0.05, 0.1) is 16.6 Å². The van der Waals surface area contributed by atoms with Crippen molar-refractivity contribution in [2.45, 2.75) is 19.4 Å². The predicted octanol–water partition coefficient (Wildman–Crippen LogP) is 4.40. The third kappa shape index (κ3) is 3.61. The Bertz CT molecular complexity index is 931. The molecule has 1 saturated heterocycles. The average molecular weight is 391 g/mol. The summed E-state index contributed by atoms with van der Waals surface area (Å²) in [6.45, 7) is 3.38. The predicted molar refractivity (Wildman–Crippen MR) is 100.0 cm³/mol. The fourth-order valence-corrected chi connectivity index (χ4v) is 3.20. The highest BCUT2D eigenvalue weighted by molar-refractivity contribution is 6.42. The monoisotopic (exact) mass is 390 g/mol. The van der Waals surface area contributed by atoms with Crippen molar-refractivity contribution in [2.75, 3.05) is 18.0 Å². The van der Waals surface area contributed by atoms with E-state index >= 15 is 0 Å². The normalized spacial score (nSPS) is 16.9. The van der Waals surface area contributed by atoms with Gasteiger partial charge in [0.1, 0.15) is 17.7 Å². The second kappa shape index (κ2) is 7.13. The van der Waals surface area contributed by atoms with Crippen LogP contribution in [0, 0.1) is 6.92 Å². The summed E-state index contributed by atoms with van der Waals surface area (Å²) in [7, 11) is 0. The molecule has 0 N–H and O–H groups in total. The van der Waals surface area contributed by atoms with E-state index in [-0.39, 0.29) is 6.10 Å². The van der Waals surface area contributed by atoms with E-state index in [2.05, 4.69) is 20.0 Å². The lowest BCUT2D eigenvalue weighted by atomic mass is 10.2. The molecule has 4 rings (SSSR count). The minimum absolute atomic E-state index is 0.0587. The van der Waals surface area contributed by atoms with Gasteiger partial charge in [-0.05, 0) is 31.2 Å². The standard InChI is InChI=1S/C18H16Cl2N4O2/c1-11-22-18(26-23-11)12-4-6-21-17(8-12)24-7-5-14(10-24)25-13-2-3-15(19)16(20)9-13/h2-4,6,8-9,14H,5,7,10H2,1H3. The SMILES string of the molecule is Cc1noc(-c2ccnc(N3CCC(Oc4ccc(Cl)c(Cl)c4)C3)c2)n1. The van der Waals surface area contributed by atoms with Gasteiger partial charge in [-0.2, -0.15) is 4.98 Å². The van der Waals surface area contributed by atoms with Crippen LogP contribution in [-0.2, 0) is 0 Å². The summed E-state index contributed by atoms with van der Waals surface area (Å²) in [6.07, 6.45) is 2.70. The smallest absolute Gasteiger partial charge is 0.258 e. The molecule has 26 heavy (non-hydrogen) atoms. The molecule has 0 amide bonds. The van der Waals surface area contributed by atoms with E-state index < -0.39 is 0 Å². The van der Waals surface area contributed by atoms with E-state index in [1.54, 1.807) is 25.3 Å². The number of hydrogen-bond donors (Lipinski definition) is 0. The van der Waals surface area contributed by atoms with Gasteiger partial charge in [-0.25, -0.2) is 4.98 Å². The first-order chi connectivity index (χ1) is 12.6. The van der Waals surface area contributed by atoms with Gasteiger partial charge in [0.15, 0.2) is 5.82 Å². The summed E-state index contributed by atoms with van der Waals surface area (Å²) < 4.78 is 11.3. The first kappa shape index (κ1) is 17.1. The number of anilines is 1. The summed E-state index contributed by atoms with van der Waals surface area (Å²) in [4.78, 5) is 10.9. The van der Waals surface area contributed by atoms with Crippen LogP contribution in [0.4, 0.5) is 5.82 Å². The molecule has 6 nitrogen and oxygen atoms in total. The molecular weight excluding hydrogens is 375 g/mol. The third-order valence-electron chi connectivity index (χ3n) is 4.18. The van der Waals surface area contributed by atoms with E-state index in [9.17, 15) is 0 Å². The Morgan fingerprint density at radius 3 is 2.85 bits per heavy atom. The van der Waals surface area contributed by atoms with Crippen molar-refractivity contribution >= 4 is 29.0 Å². The summed E-state index contributed by atoms with van der Waals surface area (Å²) in [5, 5.41) is 4.84. The summed E-state index contributed by atoms with van der Waals surface area (Å²) >= 11 is 12.0. The Morgan fingerprint density at radius 2 is 2.08 bits per heavy atom. The lowest BCUT2D eigenvalue weighted by Gasteiger charge is -2.18. The zero-order chi connectivity index (χ0) is 18.1. The second-order valence-electron chi connectivity index (χ2n) is 6.10. The van der Waals surface area contributed by atoms with Crippen molar-refractivity contribution in [1.82, 2.24) is 15.1 Å². The van der Waals surface area contributed by atoms with Crippen LogP contribution in [0.25, 0.3) is 11.5 Å². The van der Waals surface area contributed by atoms with Crippen LogP contribution in [0.15, 0.2) is 41.1 Å². The number of aromatic nitrogens is 3. The molecule has 1 atom stereocenters. The number of rotatable bonds is 4. The minimum Gasteiger partial charge on any atom is -0.488 e. The van der Waals surface area contributed by atoms with Gasteiger partial charge in [0.25, 0.3) is 5.89 Å². The molecule has 0 saturated carbocycles. The topological polar surface area (TPSA) is 64.3 Å². The number of pyridine rings is 1. The van der Waals surface area contributed by atoms with Gasteiger partial charge < -0.3 is 14.2 Å². The Morgan fingerprint density at radius 1 is 1.19 bits per heavy atom. The molecule has 1 aliphatic heterocycles. The lowest BCUT2D eigenvalue weighted by Crippen LogP contribution is -2.25. The first-order valence-corrected chi connectivity index (χ1v) is 8.97. The van der Waals surface area contributed by atoms with Gasteiger partial charge in [0.2, 0.25) is 0 Å². The summed E-state index contributed by atoms with van der Waals surface area (Å²) in [5.74, 6) is 2.68. The molecule has 3 aromatic rings. The second-order valence-corrected chi connectivity index (χ2v) is 6.91. The van der Waals surface area contributed by atoms with Crippen molar-refractivity contribution < 1.29 is 9.26 Å². The molecule has 0 aliphatic carbocycles. The van der Waals surface area contributed by atoms with E-state index in [4.69, 9.17) is 32.5 Å². The zero-order valence-corrected chi connectivity index (χ0v) is 15.5. The molecule has 3 heterocycles. The van der Waals surface area contributed by atoms with Crippen LogP contribution >= 0.6 is 23.2 Å². The van der Waals surface area contributed by atoms with E-state index in [1.807, 2.05) is 18.2 Å². The van der Waals surface area contributed by atoms with E-state index in [0.29, 0.717) is 27.5 Å². The molecule has 1 aliphatic rings. The van der Waals surface area contributed by atoms with Crippen molar-refractivity contribution in [1.29, 1.82) is 0 Å². The van der Waals surface area contributed by atoms with Crippen LogP contribution in [0.1, 0.15) is 12.2 Å². The molecule has 0 spiro atoms. The van der Waals surface area contributed by atoms with Crippen molar-refractivity contribution in [3.8, 4) is 17.2 Å². The fraction of sp³-hybridized carbons (Fsp3) is 0.278. The highest BCUT2D eigenvalue weighted by Gasteiger charge is 2.25. The molecule has 1 aromatic carbocycles. The van der Waals surface area contributed by atoms with Gasteiger partial charge in [-0.1, -0.05) is 28.4 Å². The van der Waals surface area contributed by atoms with Crippen LogP contribution in [0.3, 0.4) is 0 Å². The molecule has 0 radical (unpaired) electrons. The maximum atomic E-state index is 6.05. The Kier molecular flexibility index (Phi) is 4.70. The zero-order valence-electron chi connectivity index (χ0n) is 14.0. The average Bonchev–Trinajstić information content (AvgIpc) is 3.28. The van der Waals surface area contributed by atoms with Gasteiger partial charge >= 0.3 is 0 Å². The highest BCUT2D eigenvalue weighted by Crippen LogP contribution is 2.29. The molecule has 1 fully saturated rings. The van der Waals surface area contributed by atoms with Gasteiger partial charge in [-0.15, -0.1) is 0 Å².